The summed E-state index contributed by atoms with van der Waals surface area (Å²) >= 11 is 2.55. The minimum Gasteiger partial charge on any atom is -0.334 e. The summed E-state index contributed by atoms with van der Waals surface area (Å²) in [5, 5.41) is 2.73. The van der Waals surface area contributed by atoms with E-state index in [4.69, 9.17) is 5.84 Å². The van der Waals surface area contributed by atoms with Gasteiger partial charge in [0.1, 0.15) is 4.83 Å². The van der Waals surface area contributed by atoms with E-state index in [2.05, 4.69) is 4.98 Å². The number of carbonyl (C=O) groups is 1. The van der Waals surface area contributed by atoms with Crippen molar-refractivity contribution in [3.8, 4) is 11.1 Å². The number of nitrogens with two attached hydrogens (primary N) is 1. The number of amides is 1. The average Bonchev–Trinajstić information content (AvgIpc) is 3.19. The van der Waals surface area contributed by atoms with Gasteiger partial charge >= 0.3 is 0 Å². The van der Waals surface area contributed by atoms with Crippen molar-refractivity contribution in [3.63, 3.8) is 0 Å². The van der Waals surface area contributed by atoms with Gasteiger partial charge in [-0.25, -0.2) is 9.66 Å². The minimum atomic E-state index is -0.318. The molecule has 0 fully saturated rings. The first-order valence-electron chi connectivity index (χ1n) is 8.85. The van der Waals surface area contributed by atoms with E-state index in [0.717, 1.165) is 33.3 Å². The number of thioether (sulfide) groups is 1. The van der Waals surface area contributed by atoms with Gasteiger partial charge < -0.3 is 10.7 Å². The normalized spacial score (nSPS) is 10.9. The molecule has 0 atom stereocenters. The summed E-state index contributed by atoms with van der Waals surface area (Å²) in [6.45, 7) is 0. The van der Waals surface area contributed by atoms with Crippen LogP contribution in [0.4, 0.5) is 5.69 Å². The Morgan fingerprint density at radius 2 is 1.79 bits per heavy atom. The third kappa shape index (κ3) is 3.76. The molecule has 0 saturated carbocycles. The number of nitrogen functional groups attached to an aromatic ring is 1. The van der Waals surface area contributed by atoms with Crippen LogP contribution in [0.5, 0.6) is 0 Å². The van der Waals surface area contributed by atoms with Gasteiger partial charge in [0.25, 0.3) is 5.56 Å². The van der Waals surface area contributed by atoms with Crippen LogP contribution in [0.3, 0.4) is 0 Å². The number of benzene rings is 2. The maximum atomic E-state index is 12.9. The first-order valence-corrected chi connectivity index (χ1v) is 10.7. The second-order valence-corrected chi connectivity index (χ2v) is 8.14. The summed E-state index contributed by atoms with van der Waals surface area (Å²) in [5.41, 5.74) is 2.25. The molecule has 0 spiro atoms. The Balaban J connectivity index is 1.60. The van der Waals surface area contributed by atoms with Crippen LogP contribution in [0.1, 0.15) is 0 Å². The Hall–Kier alpha value is -3.10. The lowest BCUT2D eigenvalue weighted by atomic mass is 10.1. The number of hydrogen-bond acceptors (Lipinski definition) is 6. The number of thiophene rings is 1. The van der Waals surface area contributed by atoms with Crippen molar-refractivity contribution in [1.29, 1.82) is 0 Å². The average molecular weight is 423 g/mol. The van der Waals surface area contributed by atoms with Crippen LogP contribution in [-0.2, 0) is 4.79 Å². The zero-order valence-corrected chi connectivity index (χ0v) is 17.2. The largest absolute Gasteiger partial charge is 0.334 e. The molecule has 0 bridgehead atoms. The molecule has 0 aliphatic carbocycles. The van der Waals surface area contributed by atoms with E-state index in [1.54, 1.807) is 11.9 Å². The number of aromatic nitrogens is 2. The first-order chi connectivity index (χ1) is 14.1. The summed E-state index contributed by atoms with van der Waals surface area (Å²) in [4.78, 5) is 32.1. The van der Waals surface area contributed by atoms with E-state index in [9.17, 15) is 9.59 Å². The zero-order chi connectivity index (χ0) is 20.4. The molecule has 0 unspecified atom stereocenters. The molecule has 0 saturated heterocycles. The van der Waals surface area contributed by atoms with E-state index in [0.29, 0.717) is 15.4 Å². The molecule has 4 aromatic rings. The molecule has 2 N–H and O–H groups in total. The maximum Gasteiger partial charge on any atom is 0.282 e. The van der Waals surface area contributed by atoms with Crippen molar-refractivity contribution in [1.82, 2.24) is 9.66 Å². The predicted molar refractivity (Wildman–Crippen MR) is 120 cm³/mol. The van der Waals surface area contributed by atoms with Crippen LogP contribution in [0.2, 0.25) is 0 Å². The Morgan fingerprint density at radius 3 is 2.48 bits per heavy atom. The third-order valence-corrected chi connectivity index (χ3v) is 6.34. The molecule has 0 aliphatic heterocycles. The number of fused-ring (bicyclic) bond motifs is 1. The summed E-state index contributed by atoms with van der Waals surface area (Å²) in [7, 11) is 1.72. The molecule has 8 heteroatoms. The maximum absolute atomic E-state index is 12.9. The standard InChI is InChI=1S/C21H18N4O2S2/c1-24(15-10-6-3-7-11-15)17(26)13-29-21-23-19-18(20(27)25(21)22)16(12-28-19)14-8-4-2-5-9-14/h2-12H,13,22H2,1H3. The lowest BCUT2D eigenvalue weighted by Crippen LogP contribution is -2.31. The van der Waals surface area contributed by atoms with Crippen LogP contribution >= 0.6 is 23.1 Å². The summed E-state index contributed by atoms with van der Waals surface area (Å²) in [5.74, 6) is 6.05. The van der Waals surface area contributed by atoms with Crippen LogP contribution in [0.25, 0.3) is 21.3 Å². The van der Waals surface area contributed by atoms with Gasteiger partial charge in [0, 0.05) is 23.7 Å². The smallest absolute Gasteiger partial charge is 0.282 e. The second-order valence-electron chi connectivity index (χ2n) is 6.34. The minimum absolute atomic E-state index is 0.105. The van der Waals surface area contributed by atoms with Crippen molar-refractivity contribution in [2.45, 2.75) is 5.16 Å². The van der Waals surface area contributed by atoms with Crippen LogP contribution in [0.15, 0.2) is 76.0 Å². The number of anilines is 1. The molecule has 4 rings (SSSR count). The fraction of sp³-hybridized carbons (Fsp3) is 0.0952. The first kappa shape index (κ1) is 19.2. The molecule has 29 heavy (non-hydrogen) atoms. The fourth-order valence-corrected chi connectivity index (χ4v) is 4.75. The number of nitrogens with zero attached hydrogens (tertiary/aromatic N) is 3. The molecule has 0 aliphatic rings. The highest BCUT2D eigenvalue weighted by Crippen LogP contribution is 2.31. The highest BCUT2D eigenvalue weighted by Gasteiger charge is 2.18. The Kier molecular flexibility index (Phi) is 5.37. The molecule has 2 aromatic heterocycles. The Morgan fingerprint density at radius 1 is 1.14 bits per heavy atom. The molecule has 0 radical (unpaired) electrons. The van der Waals surface area contributed by atoms with Gasteiger partial charge in [0.05, 0.1) is 11.1 Å². The van der Waals surface area contributed by atoms with Crippen LogP contribution < -0.4 is 16.3 Å². The summed E-state index contributed by atoms with van der Waals surface area (Å²) in [6.07, 6.45) is 0. The SMILES string of the molecule is CN(C(=O)CSc1nc2scc(-c3ccccc3)c2c(=O)n1N)c1ccccc1. The van der Waals surface area contributed by atoms with Gasteiger partial charge in [0.2, 0.25) is 5.91 Å². The van der Waals surface area contributed by atoms with E-state index in [-0.39, 0.29) is 17.2 Å². The van der Waals surface area contributed by atoms with Gasteiger partial charge in [-0.2, -0.15) is 0 Å². The van der Waals surface area contributed by atoms with E-state index in [1.807, 2.05) is 66.0 Å². The van der Waals surface area contributed by atoms with Gasteiger partial charge in [0.15, 0.2) is 5.16 Å². The number of rotatable bonds is 5. The predicted octanol–water partition coefficient (Wildman–Crippen LogP) is 3.59. The van der Waals surface area contributed by atoms with Gasteiger partial charge in [-0.3, -0.25) is 9.59 Å². The van der Waals surface area contributed by atoms with E-state index in [1.165, 1.54) is 11.3 Å². The lowest BCUT2D eigenvalue weighted by molar-refractivity contribution is -0.115. The molecule has 2 aromatic carbocycles. The van der Waals surface area contributed by atoms with Crippen molar-refractivity contribution in [2.24, 2.45) is 0 Å². The molecular formula is C21H18N4O2S2. The second kappa shape index (κ2) is 8.10. The van der Waals surface area contributed by atoms with Crippen LogP contribution in [-0.4, -0.2) is 28.4 Å². The molecule has 146 valence electrons. The van der Waals surface area contributed by atoms with Crippen molar-refractivity contribution >= 4 is 44.9 Å². The van der Waals surface area contributed by atoms with Gasteiger partial charge in [-0.1, -0.05) is 60.3 Å². The van der Waals surface area contributed by atoms with E-state index < -0.39 is 0 Å². The lowest BCUT2D eigenvalue weighted by Gasteiger charge is -2.17. The molecule has 6 nitrogen and oxygen atoms in total. The number of hydrogen-bond donors (Lipinski definition) is 1. The van der Waals surface area contributed by atoms with Crippen molar-refractivity contribution in [2.75, 3.05) is 23.5 Å². The molecule has 2 heterocycles. The monoisotopic (exact) mass is 422 g/mol. The highest BCUT2D eigenvalue weighted by atomic mass is 32.2. The number of para-hydroxylation sites is 1. The van der Waals surface area contributed by atoms with Crippen molar-refractivity contribution in [3.05, 3.63) is 76.4 Å². The molecule has 1 amide bonds. The highest BCUT2D eigenvalue weighted by molar-refractivity contribution is 7.99. The zero-order valence-electron chi connectivity index (χ0n) is 15.6. The van der Waals surface area contributed by atoms with Crippen molar-refractivity contribution < 1.29 is 4.79 Å². The Labute approximate surface area is 175 Å². The van der Waals surface area contributed by atoms with Gasteiger partial charge in [-0.15, -0.1) is 11.3 Å². The Bertz CT molecular complexity index is 1220. The van der Waals surface area contributed by atoms with E-state index >= 15 is 0 Å². The summed E-state index contributed by atoms with van der Waals surface area (Å²) in [6, 6.07) is 19.0. The topological polar surface area (TPSA) is 81.2 Å². The molecular weight excluding hydrogens is 404 g/mol. The third-order valence-electron chi connectivity index (χ3n) is 4.53. The number of carbonyl (C=O) groups excluding carboxylic acids is 1. The van der Waals surface area contributed by atoms with Crippen LogP contribution in [0, 0.1) is 0 Å². The fourth-order valence-electron chi connectivity index (χ4n) is 2.94. The summed E-state index contributed by atoms with van der Waals surface area (Å²) < 4.78 is 1.03. The quantitative estimate of drug-likeness (QED) is 0.302. The van der Waals surface area contributed by atoms with Gasteiger partial charge in [-0.05, 0) is 17.7 Å².